The van der Waals surface area contributed by atoms with E-state index in [-0.39, 0.29) is 0 Å². The minimum Gasteiger partial charge on any atom is -0.208 e. The van der Waals surface area contributed by atoms with Crippen LogP contribution in [0.25, 0.3) is 76.6 Å². The smallest absolute Gasteiger partial charge is 0.164 e. The van der Waals surface area contributed by atoms with Gasteiger partial charge in [-0.1, -0.05) is 133 Å². The molecular weight excluding hydrogens is 543 g/mol. The number of fused-ring (bicyclic) bond motifs is 3. The molecule has 0 aliphatic heterocycles. The Bertz CT molecular complexity index is 2150. The maximum absolute atomic E-state index is 4.95. The molecule has 0 radical (unpaired) electrons. The van der Waals surface area contributed by atoms with Crippen LogP contribution in [-0.4, -0.2) is 15.0 Å². The van der Waals surface area contributed by atoms with Gasteiger partial charge in [0, 0.05) is 36.9 Å². The van der Waals surface area contributed by atoms with Gasteiger partial charge in [0.2, 0.25) is 0 Å². The molecule has 0 aliphatic carbocycles. The molecule has 0 fully saturated rings. The Labute approximate surface area is 253 Å². The highest BCUT2D eigenvalue weighted by atomic mass is 32.1. The van der Waals surface area contributed by atoms with Gasteiger partial charge in [-0.15, -0.1) is 11.3 Å². The summed E-state index contributed by atoms with van der Waals surface area (Å²) in [6.45, 7) is 0. The fraction of sp³-hybridized carbons (Fsp3) is 0. The second kappa shape index (κ2) is 10.8. The fourth-order valence-electron chi connectivity index (χ4n) is 5.58. The first-order chi connectivity index (χ1) is 21.3. The molecular formula is C39H25N3S. The number of hydrogen-bond acceptors (Lipinski definition) is 4. The Morgan fingerprint density at radius 3 is 1.44 bits per heavy atom. The standard InChI is InChI=1S/C39H25N3S/c1-4-11-26(12-5-1)27-19-21-28(22-20-27)32-17-10-18-33-34-25-31(23-24-35(34)43-36(32)33)39-41-37(29-13-6-2-7-14-29)40-38(42-39)30-15-8-3-9-16-30/h1-25H. The first-order valence-electron chi connectivity index (χ1n) is 14.3. The van der Waals surface area contributed by atoms with E-state index in [1.807, 2.05) is 72.0 Å². The van der Waals surface area contributed by atoms with Crippen LogP contribution in [0.1, 0.15) is 0 Å². The number of thiophene rings is 1. The van der Waals surface area contributed by atoms with Gasteiger partial charge in [-0.2, -0.15) is 0 Å². The maximum atomic E-state index is 4.95. The second-order valence-corrected chi connectivity index (χ2v) is 11.5. The summed E-state index contributed by atoms with van der Waals surface area (Å²) in [6, 6.07) is 52.8. The van der Waals surface area contributed by atoms with Gasteiger partial charge in [-0.05, 0) is 40.5 Å². The highest BCUT2D eigenvalue weighted by Crippen LogP contribution is 2.41. The lowest BCUT2D eigenvalue weighted by molar-refractivity contribution is 1.07. The van der Waals surface area contributed by atoms with Gasteiger partial charge in [-0.3, -0.25) is 0 Å². The molecule has 43 heavy (non-hydrogen) atoms. The molecule has 0 saturated heterocycles. The normalized spacial score (nSPS) is 11.3. The summed E-state index contributed by atoms with van der Waals surface area (Å²) in [5.41, 5.74) is 7.82. The molecule has 0 bridgehead atoms. The Morgan fingerprint density at radius 2 is 0.837 bits per heavy atom. The summed E-state index contributed by atoms with van der Waals surface area (Å²) in [4.78, 5) is 14.8. The van der Waals surface area contributed by atoms with E-state index in [0.29, 0.717) is 17.5 Å². The molecule has 0 unspecified atom stereocenters. The average Bonchev–Trinajstić information content (AvgIpc) is 3.48. The third kappa shape index (κ3) is 4.78. The molecule has 0 amide bonds. The molecule has 0 N–H and O–H groups in total. The Kier molecular flexibility index (Phi) is 6.32. The van der Waals surface area contributed by atoms with Crippen molar-refractivity contribution < 1.29 is 0 Å². The van der Waals surface area contributed by atoms with Crippen molar-refractivity contribution in [1.29, 1.82) is 0 Å². The van der Waals surface area contributed by atoms with E-state index in [4.69, 9.17) is 15.0 Å². The van der Waals surface area contributed by atoms with Crippen LogP contribution in [-0.2, 0) is 0 Å². The number of rotatable bonds is 5. The third-order valence-electron chi connectivity index (χ3n) is 7.76. The van der Waals surface area contributed by atoms with Gasteiger partial charge < -0.3 is 0 Å². The van der Waals surface area contributed by atoms with Crippen LogP contribution in [0.15, 0.2) is 152 Å². The first kappa shape index (κ1) is 25.3. The van der Waals surface area contributed by atoms with Crippen molar-refractivity contribution in [2.75, 3.05) is 0 Å². The third-order valence-corrected chi connectivity index (χ3v) is 8.98. The van der Waals surface area contributed by atoms with Gasteiger partial charge in [0.15, 0.2) is 17.5 Å². The zero-order chi connectivity index (χ0) is 28.6. The highest BCUT2D eigenvalue weighted by Gasteiger charge is 2.15. The van der Waals surface area contributed by atoms with Crippen LogP contribution < -0.4 is 0 Å². The molecule has 0 spiro atoms. The summed E-state index contributed by atoms with van der Waals surface area (Å²) < 4.78 is 2.53. The molecule has 8 aromatic rings. The predicted octanol–water partition coefficient (Wildman–Crippen LogP) is 10.6. The van der Waals surface area contributed by atoms with Crippen LogP contribution in [0, 0.1) is 0 Å². The predicted molar refractivity (Wildman–Crippen MR) is 180 cm³/mol. The second-order valence-electron chi connectivity index (χ2n) is 10.5. The van der Waals surface area contributed by atoms with Crippen molar-refractivity contribution in [3.05, 3.63) is 152 Å². The van der Waals surface area contributed by atoms with E-state index in [1.54, 1.807) is 0 Å². The monoisotopic (exact) mass is 567 g/mol. The van der Waals surface area contributed by atoms with Gasteiger partial charge >= 0.3 is 0 Å². The van der Waals surface area contributed by atoms with Crippen molar-refractivity contribution in [3.8, 4) is 56.4 Å². The molecule has 0 atom stereocenters. The summed E-state index contributed by atoms with van der Waals surface area (Å²) in [7, 11) is 0. The van der Waals surface area contributed by atoms with Crippen molar-refractivity contribution in [3.63, 3.8) is 0 Å². The Morgan fingerprint density at radius 1 is 0.349 bits per heavy atom. The largest absolute Gasteiger partial charge is 0.208 e. The molecule has 8 rings (SSSR count). The molecule has 3 nitrogen and oxygen atoms in total. The van der Waals surface area contributed by atoms with Gasteiger partial charge in [0.25, 0.3) is 0 Å². The molecule has 4 heteroatoms. The lowest BCUT2D eigenvalue weighted by atomic mass is 9.99. The summed E-state index contributed by atoms with van der Waals surface area (Å²) >= 11 is 1.83. The zero-order valence-electron chi connectivity index (χ0n) is 23.2. The van der Waals surface area contributed by atoms with Gasteiger partial charge in [-0.25, -0.2) is 15.0 Å². The van der Waals surface area contributed by atoms with Crippen molar-refractivity contribution >= 4 is 31.5 Å². The summed E-state index contributed by atoms with van der Waals surface area (Å²) in [5, 5.41) is 2.45. The topological polar surface area (TPSA) is 38.7 Å². The zero-order valence-corrected chi connectivity index (χ0v) is 24.0. The summed E-state index contributed by atoms with van der Waals surface area (Å²) in [5.74, 6) is 2.00. The molecule has 2 aromatic heterocycles. The van der Waals surface area contributed by atoms with Crippen LogP contribution in [0.3, 0.4) is 0 Å². The van der Waals surface area contributed by atoms with Crippen LogP contribution in [0.5, 0.6) is 0 Å². The highest BCUT2D eigenvalue weighted by molar-refractivity contribution is 7.26. The van der Waals surface area contributed by atoms with E-state index in [0.717, 1.165) is 16.7 Å². The van der Waals surface area contributed by atoms with E-state index in [1.165, 1.54) is 42.4 Å². The fourth-order valence-corrected chi connectivity index (χ4v) is 6.79. The Balaban J connectivity index is 1.24. The Hall–Kier alpha value is -5.45. The number of hydrogen-bond donors (Lipinski definition) is 0. The molecule has 0 aliphatic rings. The summed E-state index contributed by atoms with van der Waals surface area (Å²) in [6.07, 6.45) is 0. The molecule has 0 saturated carbocycles. The minimum absolute atomic E-state index is 0.668. The maximum Gasteiger partial charge on any atom is 0.164 e. The van der Waals surface area contributed by atoms with E-state index >= 15 is 0 Å². The SMILES string of the molecule is c1ccc(-c2ccc(-c3cccc4c3sc3ccc(-c5nc(-c6ccccc6)nc(-c6ccccc6)n5)cc34)cc2)cc1. The molecule has 2 heterocycles. The van der Waals surface area contributed by atoms with Crippen molar-refractivity contribution in [2.24, 2.45) is 0 Å². The number of nitrogens with zero attached hydrogens (tertiary/aromatic N) is 3. The van der Waals surface area contributed by atoms with Crippen molar-refractivity contribution in [1.82, 2.24) is 15.0 Å². The van der Waals surface area contributed by atoms with Gasteiger partial charge in [0.1, 0.15) is 0 Å². The minimum atomic E-state index is 0.668. The van der Waals surface area contributed by atoms with E-state index < -0.39 is 0 Å². The molecule has 6 aromatic carbocycles. The van der Waals surface area contributed by atoms with E-state index in [9.17, 15) is 0 Å². The molecule has 202 valence electrons. The van der Waals surface area contributed by atoms with E-state index in [2.05, 4.69) is 91.0 Å². The number of benzene rings is 6. The van der Waals surface area contributed by atoms with Crippen LogP contribution in [0.4, 0.5) is 0 Å². The first-order valence-corrected chi connectivity index (χ1v) is 15.1. The number of aromatic nitrogens is 3. The quantitative estimate of drug-likeness (QED) is 0.208. The van der Waals surface area contributed by atoms with Gasteiger partial charge in [0.05, 0.1) is 0 Å². The van der Waals surface area contributed by atoms with Crippen LogP contribution in [0.2, 0.25) is 0 Å². The lowest BCUT2D eigenvalue weighted by Gasteiger charge is -2.08. The van der Waals surface area contributed by atoms with Crippen molar-refractivity contribution in [2.45, 2.75) is 0 Å². The van der Waals surface area contributed by atoms with Crippen LogP contribution >= 0.6 is 11.3 Å². The average molecular weight is 568 g/mol. The lowest BCUT2D eigenvalue weighted by Crippen LogP contribution is -2.00.